The molecule has 0 saturated carbocycles. The van der Waals surface area contributed by atoms with Crippen molar-refractivity contribution in [1.29, 1.82) is 0 Å². The highest BCUT2D eigenvalue weighted by Gasteiger charge is 2.14. The number of hydrogen-bond donors (Lipinski definition) is 1. The first kappa shape index (κ1) is 13.0. The van der Waals surface area contributed by atoms with Crippen LogP contribution in [0.15, 0.2) is 5.28 Å². The maximum absolute atomic E-state index is 11.3. The Morgan fingerprint density at radius 2 is 2.21 bits per heavy atom. The third-order valence-corrected chi connectivity index (χ3v) is 1.66. The molecule has 0 aromatic rings. The summed E-state index contributed by atoms with van der Waals surface area (Å²) in [6.45, 7) is 6.54. The van der Waals surface area contributed by atoms with Gasteiger partial charge in [-0.25, -0.2) is 0 Å². The van der Waals surface area contributed by atoms with Gasteiger partial charge in [-0.15, -0.1) is 5.01 Å². The van der Waals surface area contributed by atoms with Crippen molar-refractivity contribution in [2.24, 2.45) is 5.28 Å². The SMILES string of the molecule is CCN(C(C)C)/[N+]([O-])=N/OCCCO. The molecule has 0 saturated heterocycles. The Labute approximate surface area is 84.3 Å². The number of aliphatic hydroxyl groups excluding tert-OH is 1. The number of hydrazine groups is 1. The van der Waals surface area contributed by atoms with Crippen LogP contribution >= 0.6 is 0 Å². The topological polar surface area (TPSA) is 71.1 Å². The van der Waals surface area contributed by atoms with Crippen molar-refractivity contribution in [3.8, 4) is 0 Å². The number of nitrogens with zero attached hydrogens (tertiary/aromatic N) is 3. The highest BCUT2D eigenvalue weighted by molar-refractivity contribution is 4.46. The second-order valence-electron chi connectivity index (χ2n) is 3.09. The molecule has 0 unspecified atom stereocenters. The lowest BCUT2D eigenvalue weighted by Gasteiger charge is -2.19. The summed E-state index contributed by atoms with van der Waals surface area (Å²) in [7, 11) is 0. The molecule has 0 heterocycles. The number of hydrogen-bond acceptors (Lipinski definition) is 4. The van der Waals surface area contributed by atoms with Gasteiger partial charge in [0.2, 0.25) is 5.28 Å². The van der Waals surface area contributed by atoms with Crippen LogP contribution in [0, 0.1) is 5.21 Å². The van der Waals surface area contributed by atoms with Gasteiger partial charge in [-0.05, 0) is 20.8 Å². The van der Waals surface area contributed by atoms with Gasteiger partial charge in [0.15, 0.2) is 0 Å². The predicted molar refractivity (Wildman–Crippen MR) is 51.2 cm³/mol. The Morgan fingerprint density at radius 3 is 2.64 bits per heavy atom. The van der Waals surface area contributed by atoms with Gasteiger partial charge in [0.05, 0.1) is 17.6 Å². The molecule has 6 heteroatoms. The van der Waals surface area contributed by atoms with E-state index >= 15 is 0 Å². The normalized spacial score (nSPS) is 11.9. The second kappa shape index (κ2) is 7.37. The van der Waals surface area contributed by atoms with Crippen LogP contribution in [0.3, 0.4) is 0 Å². The maximum Gasteiger partial charge on any atom is 0.233 e. The molecule has 6 nitrogen and oxygen atoms in total. The van der Waals surface area contributed by atoms with Crippen LogP contribution in [0.4, 0.5) is 0 Å². The minimum absolute atomic E-state index is 0.0377. The van der Waals surface area contributed by atoms with E-state index in [2.05, 4.69) is 5.28 Å². The highest BCUT2D eigenvalue weighted by Crippen LogP contribution is 1.98. The summed E-state index contributed by atoms with van der Waals surface area (Å²) >= 11 is 0. The summed E-state index contributed by atoms with van der Waals surface area (Å²) in [6, 6.07) is 0.0858. The van der Waals surface area contributed by atoms with Crippen LogP contribution < -0.4 is 0 Å². The van der Waals surface area contributed by atoms with Gasteiger partial charge in [-0.3, -0.25) is 0 Å². The first-order valence-electron chi connectivity index (χ1n) is 4.81. The molecule has 0 amide bonds. The Morgan fingerprint density at radius 1 is 1.57 bits per heavy atom. The first-order chi connectivity index (χ1) is 6.63. The standard InChI is InChI=1S/C8H19N3O3/c1-4-10(8(2)3)11(13)9-14-7-5-6-12/h8,12H,4-7H2,1-3H3/b11-9-. The Hall–Kier alpha value is -1.04. The predicted octanol–water partition coefficient (Wildman–Crippen LogP) is 0.908. The molecule has 0 aromatic heterocycles. The third kappa shape index (κ3) is 4.86. The van der Waals surface area contributed by atoms with Gasteiger partial charge < -0.3 is 15.2 Å². The molecule has 0 aliphatic rings. The van der Waals surface area contributed by atoms with Crippen LogP contribution in [-0.2, 0) is 4.84 Å². The zero-order chi connectivity index (χ0) is 11.0. The molecule has 0 atom stereocenters. The van der Waals surface area contributed by atoms with E-state index in [1.807, 2.05) is 20.8 Å². The van der Waals surface area contributed by atoms with Crippen LogP contribution in [0.5, 0.6) is 0 Å². The van der Waals surface area contributed by atoms with Gasteiger partial charge in [0.25, 0.3) is 0 Å². The number of aliphatic hydroxyl groups is 1. The molecule has 14 heavy (non-hydrogen) atoms. The van der Waals surface area contributed by atoms with E-state index in [0.29, 0.717) is 17.9 Å². The van der Waals surface area contributed by atoms with E-state index in [1.165, 1.54) is 5.01 Å². The fourth-order valence-corrected chi connectivity index (χ4v) is 0.950. The lowest BCUT2D eigenvalue weighted by atomic mass is 10.4. The largest absolute Gasteiger partial charge is 0.569 e. The van der Waals surface area contributed by atoms with Crippen LogP contribution in [0.1, 0.15) is 27.2 Å². The minimum Gasteiger partial charge on any atom is -0.569 e. The zero-order valence-electron chi connectivity index (χ0n) is 9.01. The van der Waals surface area contributed by atoms with E-state index in [-0.39, 0.29) is 19.3 Å². The summed E-state index contributed by atoms with van der Waals surface area (Å²) in [5, 5.41) is 24.6. The molecular weight excluding hydrogens is 186 g/mol. The van der Waals surface area contributed by atoms with Gasteiger partial charge >= 0.3 is 0 Å². The van der Waals surface area contributed by atoms with Crippen LogP contribution in [0.25, 0.3) is 0 Å². The summed E-state index contributed by atoms with van der Waals surface area (Å²) in [6.07, 6.45) is 0.477. The van der Waals surface area contributed by atoms with Gasteiger partial charge in [0.1, 0.15) is 6.61 Å². The second-order valence-corrected chi connectivity index (χ2v) is 3.09. The van der Waals surface area contributed by atoms with E-state index in [4.69, 9.17) is 9.94 Å². The summed E-state index contributed by atoms with van der Waals surface area (Å²) < 4.78 is 0. The van der Waals surface area contributed by atoms with Crippen molar-refractivity contribution < 1.29 is 14.9 Å². The summed E-state index contributed by atoms with van der Waals surface area (Å²) in [5.41, 5.74) is 0. The van der Waals surface area contributed by atoms with E-state index in [0.717, 1.165) is 0 Å². The number of rotatable bonds is 7. The molecule has 0 rings (SSSR count). The maximum atomic E-state index is 11.3. The van der Waals surface area contributed by atoms with Crippen LogP contribution in [-0.4, -0.2) is 40.9 Å². The van der Waals surface area contributed by atoms with E-state index < -0.39 is 0 Å². The lowest BCUT2D eigenvalue weighted by Crippen LogP contribution is -2.36. The minimum atomic E-state index is 0.0377. The molecule has 0 bridgehead atoms. The van der Waals surface area contributed by atoms with Gasteiger partial charge in [0, 0.05) is 13.0 Å². The average Bonchev–Trinajstić information content (AvgIpc) is 2.13. The smallest absolute Gasteiger partial charge is 0.233 e. The molecule has 0 radical (unpaired) electrons. The Bertz CT molecular complexity index is 173. The molecule has 84 valence electrons. The molecule has 0 aromatic carbocycles. The quantitative estimate of drug-likeness (QED) is 0.290. The van der Waals surface area contributed by atoms with E-state index in [9.17, 15) is 5.21 Å². The van der Waals surface area contributed by atoms with Crippen molar-refractivity contribution in [2.45, 2.75) is 33.2 Å². The Kier molecular flexibility index (Phi) is 6.82. The van der Waals surface area contributed by atoms with Crippen molar-refractivity contribution >= 4 is 0 Å². The zero-order valence-corrected chi connectivity index (χ0v) is 9.01. The third-order valence-electron chi connectivity index (χ3n) is 1.66. The highest BCUT2D eigenvalue weighted by atomic mass is 16.7. The van der Waals surface area contributed by atoms with Gasteiger partial charge in [-0.2, -0.15) is 0 Å². The lowest BCUT2D eigenvalue weighted by molar-refractivity contribution is -0.716. The molecule has 0 aliphatic heterocycles. The van der Waals surface area contributed by atoms with Gasteiger partial charge in [-0.1, -0.05) is 0 Å². The summed E-state index contributed by atoms with van der Waals surface area (Å²) in [4.78, 5) is 5.15. The average molecular weight is 205 g/mol. The van der Waals surface area contributed by atoms with Crippen molar-refractivity contribution in [3.63, 3.8) is 0 Å². The van der Waals surface area contributed by atoms with Crippen LogP contribution in [0.2, 0.25) is 0 Å². The fourth-order valence-electron chi connectivity index (χ4n) is 0.950. The fraction of sp³-hybridized carbons (Fsp3) is 1.00. The van der Waals surface area contributed by atoms with Crippen molar-refractivity contribution in [3.05, 3.63) is 5.21 Å². The molecule has 0 fully saturated rings. The molecule has 0 aliphatic carbocycles. The molecule has 1 N–H and O–H groups in total. The van der Waals surface area contributed by atoms with E-state index in [1.54, 1.807) is 0 Å². The Balaban J connectivity index is 3.93. The van der Waals surface area contributed by atoms with Crippen molar-refractivity contribution in [2.75, 3.05) is 19.8 Å². The molecular formula is C8H19N3O3. The molecule has 0 spiro atoms. The summed E-state index contributed by atoms with van der Waals surface area (Å²) in [5.74, 6) is 0. The first-order valence-corrected chi connectivity index (χ1v) is 4.81. The monoisotopic (exact) mass is 205 g/mol. The van der Waals surface area contributed by atoms with Crippen molar-refractivity contribution in [1.82, 2.24) is 5.01 Å².